The van der Waals surface area contributed by atoms with Crippen molar-refractivity contribution in [3.8, 4) is 0 Å². The van der Waals surface area contributed by atoms with Crippen molar-refractivity contribution in [1.29, 1.82) is 0 Å². The maximum atomic E-state index is 11.5. The number of nitrogens with zero attached hydrogens (tertiary/aromatic N) is 1. The summed E-state index contributed by atoms with van der Waals surface area (Å²) in [6.45, 7) is 4.49. The molecule has 0 spiro atoms. The van der Waals surface area contributed by atoms with Crippen LogP contribution in [0, 0.1) is 0 Å². The Balaban J connectivity index is 1.98. The molecule has 0 amide bonds. The third-order valence-corrected chi connectivity index (χ3v) is 4.06. The Labute approximate surface area is 93.0 Å². The number of carbonyl (C=O) groups excluding carboxylic acids is 1. The Hall–Kier alpha value is -0.370. The summed E-state index contributed by atoms with van der Waals surface area (Å²) in [6.07, 6.45) is 8.17. The standard InChI is InChI=1S/C13H23NO/c1-3-4-5-11-6-7-12-9-13(15)8-10(2)14(11)12/h10-12H,3-9H2,1-2H3/t10-,11-,12+/m0/s1. The first-order valence-electron chi connectivity index (χ1n) is 6.51. The monoisotopic (exact) mass is 209 g/mol. The van der Waals surface area contributed by atoms with Crippen LogP contribution in [0.5, 0.6) is 0 Å². The average molecular weight is 209 g/mol. The van der Waals surface area contributed by atoms with Crippen molar-refractivity contribution in [2.24, 2.45) is 0 Å². The normalized spacial score (nSPS) is 36.9. The molecule has 2 aliphatic rings. The first-order chi connectivity index (χ1) is 7.22. The molecule has 86 valence electrons. The fourth-order valence-electron chi connectivity index (χ4n) is 3.42. The molecule has 0 unspecified atom stereocenters. The summed E-state index contributed by atoms with van der Waals surface area (Å²) in [5.41, 5.74) is 0. The Morgan fingerprint density at radius 2 is 2.13 bits per heavy atom. The largest absolute Gasteiger partial charge is 0.300 e. The first-order valence-corrected chi connectivity index (χ1v) is 6.51. The Bertz CT molecular complexity index is 239. The lowest BCUT2D eigenvalue weighted by molar-refractivity contribution is -0.124. The van der Waals surface area contributed by atoms with Crippen molar-refractivity contribution in [2.75, 3.05) is 0 Å². The van der Waals surface area contributed by atoms with Gasteiger partial charge >= 0.3 is 0 Å². The Morgan fingerprint density at radius 3 is 2.87 bits per heavy atom. The molecule has 2 nitrogen and oxygen atoms in total. The van der Waals surface area contributed by atoms with E-state index in [1.54, 1.807) is 0 Å². The molecule has 0 radical (unpaired) electrons. The van der Waals surface area contributed by atoms with Crippen LogP contribution in [-0.4, -0.2) is 28.8 Å². The van der Waals surface area contributed by atoms with Gasteiger partial charge in [-0.25, -0.2) is 0 Å². The molecule has 0 aromatic rings. The van der Waals surface area contributed by atoms with Crippen LogP contribution in [0.4, 0.5) is 0 Å². The van der Waals surface area contributed by atoms with Crippen LogP contribution in [0.15, 0.2) is 0 Å². The molecular formula is C13H23NO. The minimum Gasteiger partial charge on any atom is -0.300 e. The van der Waals surface area contributed by atoms with Crippen LogP contribution in [-0.2, 0) is 4.79 Å². The van der Waals surface area contributed by atoms with Gasteiger partial charge in [0.05, 0.1) is 0 Å². The van der Waals surface area contributed by atoms with Gasteiger partial charge in [0, 0.05) is 31.0 Å². The van der Waals surface area contributed by atoms with E-state index in [2.05, 4.69) is 18.7 Å². The van der Waals surface area contributed by atoms with Crippen LogP contribution in [0.3, 0.4) is 0 Å². The molecule has 0 bridgehead atoms. The summed E-state index contributed by atoms with van der Waals surface area (Å²) in [5, 5.41) is 0. The zero-order chi connectivity index (χ0) is 10.8. The number of Topliss-reactive ketones (excluding diaryl/α,β-unsaturated/α-hetero) is 1. The molecule has 0 aliphatic carbocycles. The van der Waals surface area contributed by atoms with E-state index >= 15 is 0 Å². The molecule has 0 saturated carbocycles. The molecule has 2 heterocycles. The molecular weight excluding hydrogens is 186 g/mol. The number of hydrogen-bond donors (Lipinski definition) is 0. The predicted octanol–water partition coefficient (Wildman–Crippen LogP) is 2.76. The molecule has 0 aromatic carbocycles. The van der Waals surface area contributed by atoms with Gasteiger partial charge in [0.2, 0.25) is 0 Å². The number of fused-ring (bicyclic) bond motifs is 1. The molecule has 15 heavy (non-hydrogen) atoms. The zero-order valence-electron chi connectivity index (χ0n) is 10.0. The second-order valence-electron chi connectivity index (χ2n) is 5.27. The van der Waals surface area contributed by atoms with E-state index in [1.807, 2.05) is 0 Å². The molecule has 2 aliphatic heterocycles. The second kappa shape index (κ2) is 4.65. The Morgan fingerprint density at radius 1 is 1.33 bits per heavy atom. The molecule has 2 fully saturated rings. The fourth-order valence-corrected chi connectivity index (χ4v) is 3.42. The van der Waals surface area contributed by atoms with Crippen LogP contribution >= 0.6 is 0 Å². The van der Waals surface area contributed by atoms with Gasteiger partial charge in [-0.1, -0.05) is 19.8 Å². The van der Waals surface area contributed by atoms with E-state index in [1.165, 1.54) is 32.1 Å². The van der Waals surface area contributed by atoms with Gasteiger partial charge in [-0.2, -0.15) is 0 Å². The summed E-state index contributed by atoms with van der Waals surface area (Å²) < 4.78 is 0. The highest BCUT2D eigenvalue weighted by atomic mass is 16.1. The van der Waals surface area contributed by atoms with Gasteiger partial charge in [-0.15, -0.1) is 0 Å². The van der Waals surface area contributed by atoms with Crippen molar-refractivity contribution in [3.05, 3.63) is 0 Å². The topological polar surface area (TPSA) is 20.3 Å². The van der Waals surface area contributed by atoms with Crippen molar-refractivity contribution in [3.63, 3.8) is 0 Å². The van der Waals surface area contributed by atoms with Crippen molar-refractivity contribution in [2.45, 2.75) is 76.9 Å². The van der Waals surface area contributed by atoms with Gasteiger partial charge in [-0.05, 0) is 26.2 Å². The van der Waals surface area contributed by atoms with Crippen molar-refractivity contribution in [1.82, 2.24) is 4.90 Å². The van der Waals surface area contributed by atoms with Gasteiger partial charge in [0.1, 0.15) is 5.78 Å². The number of piperidine rings is 1. The maximum absolute atomic E-state index is 11.5. The third kappa shape index (κ3) is 2.25. The van der Waals surface area contributed by atoms with Crippen molar-refractivity contribution < 1.29 is 4.79 Å². The number of rotatable bonds is 3. The van der Waals surface area contributed by atoms with Gasteiger partial charge in [-0.3, -0.25) is 9.69 Å². The molecule has 2 heteroatoms. The second-order valence-corrected chi connectivity index (χ2v) is 5.27. The summed E-state index contributed by atoms with van der Waals surface area (Å²) in [7, 11) is 0. The lowest BCUT2D eigenvalue weighted by Crippen LogP contribution is -2.48. The van der Waals surface area contributed by atoms with E-state index in [-0.39, 0.29) is 0 Å². The molecule has 0 N–H and O–H groups in total. The van der Waals surface area contributed by atoms with E-state index in [0.717, 1.165) is 18.9 Å². The molecule has 2 saturated heterocycles. The number of hydrogen-bond acceptors (Lipinski definition) is 2. The maximum Gasteiger partial charge on any atom is 0.136 e. The van der Waals surface area contributed by atoms with Crippen LogP contribution in [0.25, 0.3) is 0 Å². The van der Waals surface area contributed by atoms with Crippen LogP contribution in [0.1, 0.15) is 58.8 Å². The smallest absolute Gasteiger partial charge is 0.136 e. The summed E-state index contributed by atoms with van der Waals surface area (Å²) in [5.74, 6) is 0.486. The van der Waals surface area contributed by atoms with Crippen molar-refractivity contribution >= 4 is 5.78 Å². The summed E-state index contributed by atoms with van der Waals surface area (Å²) in [6, 6.07) is 1.86. The molecule has 0 aromatic heterocycles. The number of carbonyl (C=O) groups is 1. The SMILES string of the molecule is CCCC[C@H]1CC[C@@H]2CC(=O)C[C@H](C)N12. The van der Waals surface area contributed by atoms with Gasteiger partial charge in [0.15, 0.2) is 0 Å². The number of ketones is 1. The van der Waals surface area contributed by atoms with E-state index in [0.29, 0.717) is 17.9 Å². The average Bonchev–Trinajstić information content (AvgIpc) is 2.58. The molecule has 3 atom stereocenters. The highest BCUT2D eigenvalue weighted by molar-refractivity contribution is 5.80. The third-order valence-electron chi connectivity index (χ3n) is 4.06. The van der Waals surface area contributed by atoms with Crippen LogP contribution < -0.4 is 0 Å². The minimum atomic E-state index is 0.486. The predicted molar refractivity (Wildman–Crippen MR) is 61.9 cm³/mol. The Kier molecular flexibility index (Phi) is 3.45. The fraction of sp³-hybridized carbons (Fsp3) is 0.923. The van der Waals surface area contributed by atoms with E-state index in [4.69, 9.17) is 0 Å². The summed E-state index contributed by atoms with van der Waals surface area (Å²) in [4.78, 5) is 14.2. The highest BCUT2D eigenvalue weighted by Crippen LogP contribution is 2.35. The highest BCUT2D eigenvalue weighted by Gasteiger charge is 2.40. The lowest BCUT2D eigenvalue weighted by atomic mass is 9.96. The van der Waals surface area contributed by atoms with E-state index in [9.17, 15) is 4.79 Å². The number of unbranched alkanes of at least 4 members (excludes halogenated alkanes) is 1. The van der Waals surface area contributed by atoms with Gasteiger partial charge < -0.3 is 0 Å². The van der Waals surface area contributed by atoms with E-state index < -0.39 is 0 Å². The zero-order valence-corrected chi connectivity index (χ0v) is 10.0. The molecule has 2 rings (SSSR count). The van der Waals surface area contributed by atoms with Gasteiger partial charge in [0.25, 0.3) is 0 Å². The minimum absolute atomic E-state index is 0.486. The quantitative estimate of drug-likeness (QED) is 0.712. The first kappa shape index (κ1) is 11.1. The van der Waals surface area contributed by atoms with Crippen LogP contribution in [0.2, 0.25) is 0 Å². The lowest BCUT2D eigenvalue weighted by Gasteiger charge is -2.39. The summed E-state index contributed by atoms with van der Waals surface area (Å²) >= 11 is 0.